The molecule has 0 bridgehead atoms. The summed E-state index contributed by atoms with van der Waals surface area (Å²) < 4.78 is 496. The zero-order valence-electron chi connectivity index (χ0n) is 25.1. The van der Waals surface area contributed by atoms with Crippen molar-refractivity contribution in [1.82, 2.24) is 0 Å². The van der Waals surface area contributed by atoms with Gasteiger partial charge in [0.15, 0.2) is 0 Å². The Hall–Kier alpha value is -2.54. The lowest BCUT2D eigenvalue weighted by Crippen LogP contribution is -2.80. The molecule has 3 nitrogen and oxygen atoms in total. The molecule has 0 spiro atoms. The van der Waals surface area contributed by atoms with Gasteiger partial charge in [0.25, 0.3) is 5.85 Å². The van der Waals surface area contributed by atoms with Crippen LogP contribution in [0.5, 0.6) is 0 Å². The third-order valence-electron chi connectivity index (χ3n) is 6.93. The lowest BCUT2D eigenvalue weighted by molar-refractivity contribution is -0.491. The molecule has 0 aliphatic heterocycles. The van der Waals surface area contributed by atoms with E-state index in [1.165, 1.54) is 0 Å². The van der Waals surface area contributed by atoms with Gasteiger partial charge in [0.2, 0.25) is 0 Å². The second kappa shape index (κ2) is 13.5. The first-order valence-corrected chi connectivity index (χ1v) is 13.7. The van der Waals surface area contributed by atoms with Crippen LogP contribution in [0.2, 0.25) is 0 Å². The lowest BCUT2D eigenvalue weighted by Gasteiger charge is -2.47. The average Bonchev–Trinajstić information content (AvgIpc) is 2.98. The van der Waals surface area contributed by atoms with E-state index in [2.05, 4.69) is 0 Å². The molecule has 0 fully saturated rings. The molecular weight excluding hydrogens is 973 g/mol. The van der Waals surface area contributed by atoms with Crippen LogP contribution >= 0.6 is 0 Å². The van der Waals surface area contributed by atoms with E-state index >= 15 is 0 Å². The van der Waals surface area contributed by atoms with Crippen molar-refractivity contribution in [3.63, 3.8) is 0 Å². The van der Waals surface area contributed by atoms with Crippen LogP contribution in [0.3, 0.4) is 0 Å². The molecule has 0 amide bonds. The van der Waals surface area contributed by atoms with Gasteiger partial charge in [0, 0.05) is 6.42 Å². The van der Waals surface area contributed by atoms with E-state index in [4.69, 9.17) is 0 Å². The Labute approximate surface area is 291 Å². The van der Waals surface area contributed by atoms with Gasteiger partial charge in [-0.3, -0.25) is 0 Å². The number of hydrogen-bond acceptors (Lipinski definition) is 3. The van der Waals surface area contributed by atoms with Gasteiger partial charge in [-0.15, -0.1) is 0 Å². The van der Waals surface area contributed by atoms with Crippen molar-refractivity contribution in [3.05, 3.63) is 0 Å². The van der Waals surface area contributed by atoms with Gasteiger partial charge in [-0.2, -0.15) is 158 Å². The van der Waals surface area contributed by atoms with E-state index in [0.29, 0.717) is 0 Å². The summed E-state index contributed by atoms with van der Waals surface area (Å²) in [7, 11) is -8.28. The summed E-state index contributed by atoms with van der Waals surface area (Å²) in [5.41, 5.74) is -7.36. The first kappa shape index (κ1) is 55.5. The number of halogens is 35. The van der Waals surface area contributed by atoms with Crippen molar-refractivity contribution >= 4 is 10.1 Å². The minimum Gasteiger partial charge on any atom is -0.216 e. The van der Waals surface area contributed by atoms with Crippen molar-refractivity contribution in [2.45, 2.75) is 114 Å². The van der Waals surface area contributed by atoms with E-state index in [-0.39, 0.29) is 0 Å². The molecule has 1 atom stereocenters. The molecule has 58 heavy (non-hydrogen) atoms. The van der Waals surface area contributed by atoms with Crippen molar-refractivity contribution in [3.8, 4) is 0 Å². The molecule has 39 heteroatoms. The Morgan fingerprint density at radius 3 is 0.586 bits per heavy atom. The fourth-order valence-electron chi connectivity index (χ4n) is 3.33. The van der Waals surface area contributed by atoms with E-state index in [1.807, 2.05) is 4.18 Å². The van der Waals surface area contributed by atoms with Gasteiger partial charge < -0.3 is 0 Å². The topological polar surface area (TPSA) is 43.4 Å². The SMILES string of the molecule is CCC(F)(OS(=O)(=O)C(F)(F)F)C(F)(F)C(F)(F)C(F)(F)C(F)(F)C(F)(F)C(F)(F)C(F)(F)C(F)(F)C(F)(F)C(F)(F)C(F)(F)C(F)(F)C(F)(F)C(F)(F)C(F)(F)F. The molecule has 0 rings (SSSR count). The first-order chi connectivity index (χ1) is 24.3. The molecule has 350 valence electrons. The second-order valence-electron chi connectivity index (χ2n) is 10.6. The highest BCUT2D eigenvalue weighted by molar-refractivity contribution is 7.87. The standard InChI is InChI=1S/C19H5F35O3S/c1-2-3(20,57-58(55,56)19(52,53)54)4(21,22)5(23,24)6(25,26)7(27,28)8(29,30)9(31,32)10(33,34)11(35,36)12(37,38)13(39,40)14(41,42)15(43,44)16(45,46)17(47,48)18(49,50)51/h2H2,1H3. The zero-order chi connectivity index (χ0) is 48.4. The average molecular weight is 978 g/mol. The highest BCUT2D eigenvalue weighted by Gasteiger charge is 3.02. The van der Waals surface area contributed by atoms with Crippen LogP contribution < -0.4 is 0 Å². The lowest BCUT2D eigenvalue weighted by atomic mass is 9.82. The first-order valence-electron chi connectivity index (χ1n) is 12.3. The summed E-state index contributed by atoms with van der Waals surface area (Å²) in [5, 5.41) is 0. The van der Waals surface area contributed by atoms with Crippen LogP contribution in [0.4, 0.5) is 154 Å². The molecule has 0 aromatic heterocycles. The van der Waals surface area contributed by atoms with Gasteiger partial charge in [-0.25, -0.2) is 8.57 Å². The molecule has 0 heterocycles. The molecule has 0 saturated carbocycles. The minimum absolute atomic E-state index is 0.726. The van der Waals surface area contributed by atoms with Gasteiger partial charge >= 0.3 is 105 Å². The largest absolute Gasteiger partial charge is 0.523 e. The number of rotatable bonds is 17. The highest BCUT2D eigenvalue weighted by Crippen LogP contribution is 2.70. The molecule has 0 aliphatic rings. The molecule has 1 unspecified atom stereocenters. The Kier molecular flexibility index (Phi) is 12.9. The third-order valence-corrected chi connectivity index (χ3v) is 7.98. The smallest absolute Gasteiger partial charge is 0.216 e. The molecule has 0 N–H and O–H groups in total. The molecule has 0 saturated heterocycles. The van der Waals surface area contributed by atoms with E-state index in [0.717, 1.165) is 0 Å². The fraction of sp³-hybridized carbons (Fsp3) is 1.00. The van der Waals surface area contributed by atoms with Crippen LogP contribution in [0.25, 0.3) is 0 Å². The molecule has 0 aromatic rings. The Bertz CT molecular complexity index is 1610. The van der Waals surface area contributed by atoms with Crippen LogP contribution in [-0.4, -0.2) is 109 Å². The summed E-state index contributed by atoms with van der Waals surface area (Å²) in [6, 6.07) is 0. The van der Waals surface area contributed by atoms with Crippen molar-refractivity contribution in [1.29, 1.82) is 0 Å². The number of alkyl halides is 35. The highest BCUT2D eigenvalue weighted by atomic mass is 32.2. The summed E-state index contributed by atoms with van der Waals surface area (Å²) >= 11 is 0. The Morgan fingerprint density at radius 1 is 0.293 bits per heavy atom. The van der Waals surface area contributed by atoms with Crippen LogP contribution in [0.15, 0.2) is 0 Å². The number of hydrogen-bond donors (Lipinski definition) is 0. The van der Waals surface area contributed by atoms with E-state index < -0.39 is 124 Å². The maximum absolute atomic E-state index is 14.4. The quantitative estimate of drug-likeness (QED) is 0.0829. The molecule has 0 aliphatic carbocycles. The van der Waals surface area contributed by atoms with E-state index in [1.54, 1.807) is 0 Å². The summed E-state index contributed by atoms with van der Waals surface area (Å²) in [4.78, 5) is 0. The predicted molar refractivity (Wildman–Crippen MR) is 106 cm³/mol. The normalized spacial score (nSPS) is 18.1. The molecular formula is C19H5F35O3S. The maximum Gasteiger partial charge on any atom is 0.523 e. The molecule has 0 radical (unpaired) electrons. The molecule has 0 aromatic carbocycles. The third kappa shape index (κ3) is 6.50. The van der Waals surface area contributed by atoms with Crippen LogP contribution in [-0.2, 0) is 14.3 Å². The summed E-state index contributed by atoms with van der Waals surface area (Å²) in [5.74, 6) is -145. The Balaban J connectivity index is 7.85. The van der Waals surface area contributed by atoms with Gasteiger partial charge in [0.1, 0.15) is 0 Å². The zero-order valence-corrected chi connectivity index (χ0v) is 25.9. The van der Waals surface area contributed by atoms with Gasteiger partial charge in [-0.05, 0) is 0 Å². The van der Waals surface area contributed by atoms with Crippen molar-refractivity contribution < 1.29 is 166 Å². The minimum atomic E-state index is -10.3. The maximum atomic E-state index is 14.4. The predicted octanol–water partition coefficient (Wildman–Crippen LogP) is 11.4. The summed E-state index contributed by atoms with van der Waals surface area (Å²) in [6.07, 6.45) is -11.8. The van der Waals surface area contributed by atoms with Crippen molar-refractivity contribution in [2.24, 2.45) is 0 Å². The summed E-state index contributed by atoms with van der Waals surface area (Å²) in [6.45, 7) is -0.726. The van der Waals surface area contributed by atoms with Crippen LogP contribution in [0.1, 0.15) is 13.3 Å². The second-order valence-corrected chi connectivity index (χ2v) is 12.1. The van der Waals surface area contributed by atoms with Gasteiger partial charge in [0.05, 0.1) is 0 Å². The van der Waals surface area contributed by atoms with Gasteiger partial charge in [-0.1, -0.05) is 6.92 Å². The fourth-order valence-corrected chi connectivity index (χ4v) is 4.00. The van der Waals surface area contributed by atoms with E-state index in [9.17, 15) is 162 Å². The van der Waals surface area contributed by atoms with Crippen molar-refractivity contribution in [2.75, 3.05) is 0 Å². The Morgan fingerprint density at radius 2 is 0.448 bits per heavy atom. The monoisotopic (exact) mass is 978 g/mol. The van der Waals surface area contributed by atoms with Crippen LogP contribution in [0, 0.1) is 0 Å².